The summed E-state index contributed by atoms with van der Waals surface area (Å²) in [7, 11) is -4.04. The summed E-state index contributed by atoms with van der Waals surface area (Å²) in [5.41, 5.74) is 3.00. The Labute approximate surface area is 223 Å². The number of H-pyrrole nitrogens is 1. The molecule has 0 atom stereocenters. The molecule has 0 saturated heterocycles. The van der Waals surface area contributed by atoms with Crippen molar-refractivity contribution in [1.29, 1.82) is 0 Å². The van der Waals surface area contributed by atoms with E-state index in [4.69, 9.17) is 9.47 Å². The minimum absolute atomic E-state index is 0.109. The number of sulfonamides is 1. The van der Waals surface area contributed by atoms with E-state index >= 15 is 0 Å². The molecule has 0 aliphatic carbocycles. The average Bonchev–Trinajstić information content (AvgIpc) is 3.39. The van der Waals surface area contributed by atoms with Crippen LogP contribution in [0.25, 0.3) is 21.9 Å². The first-order chi connectivity index (χ1) is 18.4. The van der Waals surface area contributed by atoms with Crippen molar-refractivity contribution in [2.45, 2.75) is 24.8 Å². The molecule has 0 unspecified atom stereocenters. The Morgan fingerprint density at radius 2 is 1.76 bits per heavy atom. The first-order valence-electron chi connectivity index (χ1n) is 12.1. The predicted molar refractivity (Wildman–Crippen MR) is 145 cm³/mol. The van der Waals surface area contributed by atoms with E-state index in [1.54, 1.807) is 37.3 Å². The van der Waals surface area contributed by atoms with Gasteiger partial charge in [0, 0.05) is 30.1 Å². The normalized spacial score (nSPS) is 13.4. The fraction of sp³-hybridized carbons (Fsp3) is 0.222. The highest BCUT2D eigenvalue weighted by molar-refractivity contribution is 7.89. The third-order valence-electron chi connectivity index (χ3n) is 6.60. The zero-order valence-electron chi connectivity index (χ0n) is 20.5. The molecule has 0 amide bonds. The molecule has 2 aromatic heterocycles. The second kappa shape index (κ2) is 9.82. The highest BCUT2D eigenvalue weighted by atomic mass is 32.2. The van der Waals surface area contributed by atoms with Crippen LogP contribution in [-0.2, 0) is 23.0 Å². The molecule has 1 N–H and O–H groups in total. The van der Waals surface area contributed by atoms with Gasteiger partial charge in [-0.05, 0) is 42.7 Å². The molecular weight excluding hydrogens is 524 g/mol. The highest BCUT2D eigenvalue weighted by Crippen LogP contribution is 2.34. The van der Waals surface area contributed by atoms with Gasteiger partial charge in [-0.25, -0.2) is 8.42 Å². The van der Waals surface area contributed by atoms with Crippen molar-refractivity contribution in [2.24, 2.45) is 0 Å². The number of aromatic nitrogens is 3. The number of rotatable bonds is 7. The van der Waals surface area contributed by atoms with E-state index in [9.17, 15) is 13.2 Å². The topological polar surface area (TPSA) is 114 Å². The smallest absolute Gasteiger partial charge is 0.252 e. The predicted octanol–water partition coefficient (Wildman–Crippen LogP) is 4.05. The molecule has 0 spiro atoms. The second-order valence-electron chi connectivity index (χ2n) is 9.12. The van der Waals surface area contributed by atoms with E-state index in [0.717, 1.165) is 22.7 Å². The molecule has 1 aliphatic heterocycles. The van der Waals surface area contributed by atoms with Crippen LogP contribution in [0, 0.1) is 6.92 Å². The second-order valence-corrected chi connectivity index (χ2v) is 11.5. The van der Waals surface area contributed by atoms with Gasteiger partial charge in [0.05, 0.1) is 17.2 Å². The van der Waals surface area contributed by atoms with Crippen molar-refractivity contribution < 1.29 is 17.9 Å². The Hall–Kier alpha value is -3.80. The van der Waals surface area contributed by atoms with Gasteiger partial charge in [-0.3, -0.25) is 4.79 Å². The molecule has 194 valence electrons. The lowest BCUT2D eigenvalue weighted by Crippen LogP contribution is -2.35. The molecular formula is C27H24N4O5S2. The van der Waals surface area contributed by atoms with Gasteiger partial charge in [0.1, 0.15) is 29.1 Å². The molecule has 6 rings (SSSR count). The van der Waals surface area contributed by atoms with Gasteiger partial charge in [0.2, 0.25) is 10.0 Å². The molecule has 5 aromatic rings. The fourth-order valence-corrected chi connectivity index (χ4v) is 7.03. The van der Waals surface area contributed by atoms with Crippen LogP contribution in [0.3, 0.4) is 0 Å². The maximum absolute atomic E-state index is 14.2. The summed E-state index contributed by atoms with van der Waals surface area (Å²) in [6, 6.07) is 18.4. The van der Waals surface area contributed by atoms with Gasteiger partial charge in [0.15, 0.2) is 11.5 Å². The minimum atomic E-state index is -4.04. The van der Waals surface area contributed by atoms with E-state index in [2.05, 4.69) is 13.7 Å². The number of hydrogen-bond acceptors (Lipinski definition) is 8. The summed E-state index contributed by atoms with van der Waals surface area (Å²) in [5.74, 6) is 1.16. The SMILES string of the molecule is Cc1ccc2nsnc2c1S(=O)(=O)N(CCc1ccccc1)Cc1cc2cc3c(cc2[nH]c1=O)OCCO3. The first-order valence-corrected chi connectivity index (χ1v) is 14.3. The molecule has 0 bridgehead atoms. The average molecular weight is 549 g/mol. The van der Waals surface area contributed by atoms with Crippen molar-refractivity contribution in [3.63, 3.8) is 0 Å². The van der Waals surface area contributed by atoms with Crippen LogP contribution in [0.4, 0.5) is 0 Å². The molecule has 0 saturated carbocycles. The van der Waals surface area contributed by atoms with Crippen molar-refractivity contribution in [3.8, 4) is 11.5 Å². The Bertz CT molecular complexity index is 1820. The van der Waals surface area contributed by atoms with E-state index in [1.165, 1.54) is 4.31 Å². The lowest BCUT2D eigenvalue weighted by Gasteiger charge is -2.23. The van der Waals surface area contributed by atoms with Crippen LogP contribution >= 0.6 is 11.7 Å². The van der Waals surface area contributed by atoms with Crippen LogP contribution in [0.15, 0.2) is 70.4 Å². The quantitative estimate of drug-likeness (QED) is 0.326. The maximum Gasteiger partial charge on any atom is 0.252 e. The van der Waals surface area contributed by atoms with Gasteiger partial charge in [-0.15, -0.1) is 0 Å². The van der Waals surface area contributed by atoms with E-state index in [0.29, 0.717) is 58.8 Å². The summed E-state index contributed by atoms with van der Waals surface area (Å²) in [4.78, 5) is 16.1. The van der Waals surface area contributed by atoms with Gasteiger partial charge in [-0.2, -0.15) is 13.1 Å². The van der Waals surface area contributed by atoms with Crippen LogP contribution in [-0.4, -0.2) is 46.2 Å². The molecule has 3 aromatic carbocycles. The zero-order chi connectivity index (χ0) is 26.3. The summed E-state index contributed by atoms with van der Waals surface area (Å²) < 4.78 is 49.5. The van der Waals surface area contributed by atoms with Gasteiger partial charge in [-0.1, -0.05) is 36.4 Å². The van der Waals surface area contributed by atoms with Gasteiger partial charge < -0.3 is 14.5 Å². The fourth-order valence-electron chi connectivity index (χ4n) is 4.66. The summed E-state index contributed by atoms with van der Waals surface area (Å²) in [6.07, 6.45) is 0.481. The third kappa shape index (κ3) is 4.53. The zero-order valence-corrected chi connectivity index (χ0v) is 22.1. The number of nitrogens with zero attached hydrogens (tertiary/aromatic N) is 3. The Kier molecular flexibility index (Phi) is 6.34. The molecule has 9 nitrogen and oxygen atoms in total. The minimum Gasteiger partial charge on any atom is -0.486 e. The third-order valence-corrected chi connectivity index (χ3v) is 9.16. The van der Waals surface area contributed by atoms with Crippen LogP contribution in [0.1, 0.15) is 16.7 Å². The van der Waals surface area contributed by atoms with Crippen LogP contribution in [0.5, 0.6) is 11.5 Å². The lowest BCUT2D eigenvalue weighted by molar-refractivity contribution is 0.172. The largest absolute Gasteiger partial charge is 0.486 e. The van der Waals surface area contributed by atoms with Crippen molar-refractivity contribution in [2.75, 3.05) is 19.8 Å². The summed E-state index contributed by atoms with van der Waals surface area (Å²) >= 11 is 0.973. The Balaban J connectivity index is 1.42. The Morgan fingerprint density at radius 3 is 2.55 bits per heavy atom. The van der Waals surface area contributed by atoms with Crippen molar-refractivity contribution >= 4 is 43.7 Å². The monoisotopic (exact) mass is 548 g/mol. The van der Waals surface area contributed by atoms with Crippen LogP contribution < -0.4 is 15.0 Å². The number of ether oxygens (including phenoxy) is 2. The molecule has 3 heterocycles. The van der Waals surface area contributed by atoms with Crippen molar-refractivity contribution in [1.82, 2.24) is 18.0 Å². The number of fused-ring (bicyclic) bond motifs is 3. The molecule has 1 aliphatic rings. The standard InChI is InChI=1S/C27H24N4O5S2/c1-17-7-8-21-25(30-37-29-21)26(17)38(33,34)31(10-9-18-5-3-2-4-6-18)16-20-13-19-14-23-24(36-12-11-35-23)15-22(19)28-27(20)32/h2-8,13-15H,9-12,16H2,1H3,(H,28,32). The Morgan fingerprint density at radius 1 is 1.00 bits per heavy atom. The van der Waals surface area contributed by atoms with E-state index in [1.807, 2.05) is 30.3 Å². The first kappa shape index (κ1) is 24.5. The molecule has 38 heavy (non-hydrogen) atoms. The molecule has 11 heteroatoms. The molecule has 0 fully saturated rings. The lowest BCUT2D eigenvalue weighted by atomic mass is 10.1. The number of nitrogens with one attached hydrogen (secondary N) is 1. The van der Waals surface area contributed by atoms with Crippen LogP contribution in [0.2, 0.25) is 0 Å². The number of benzene rings is 3. The number of hydrogen-bond donors (Lipinski definition) is 1. The number of aryl methyl sites for hydroxylation is 1. The van der Waals surface area contributed by atoms with Gasteiger partial charge in [0.25, 0.3) is 5.56 Å². The van der Waals surface area contributed by atoms with Crippen molar-refractivity contribution in [3.05, 3.63) is 87.7 Å². The van der Waals surface area contributed by atoms with Gasteiger partial charge >= 0.3 is 0 Å². The molecule has 0 radical (unpaired) electrons. The highest BCUT2D eigenvalue weighted by Gasteiger charge is 2.30. The van der Waals surface area contributed by atoms with E-state index in [-0.39, 0.29) is 23.5 Å². The maximum atomic E-state index is 14.2. The van der Waals surface area contributed by atoms with E-state index < -0.39 is 10.0 Å². The summed E-state index contributed by atoms with van der Waals surface area (Å²) in [6.45, 7) is 2.70. The number of aromatic amines is 1. The summed E-state index contributed by atoms with van der Waals surface area (Å²) in [5, 5.41) is 0.728. The number of pyridine rings is 1.